The first-order valence-corrected chi connectivity index (χ1v) is 6.15. The fraction of sp³-hybridized carbons (Fsp3) is 0.286. The highest BCUT2D eigenvalue weighted by Gasteiger charge is 2.24. The van der Waals surface area contributed by atoms with E-state index in [-0.39, 0.29) is 18.7 Å². The van der Waals surface area contributed by atoms with E-state index in [1.165, 1.54) is 6.20 Å². The Kier molecular flexibility index (Phi) is 2.95. The zero-order valence-electron chi connectivity index (χ0n) is 10.6. The molecule has 5 heteroatoms. The predicted molar refractivity (Wildman–Crippen MR) is 68.2 cm³/mol. The maximum absolute atomic E-state index is 11.8. The van der Waals surface area contributed by atoms with E-state index >= 15 is 0 Å². The Morgan fingerprint density at radius 2 is 2.37 bits per heavy atom. The maximum atomic E-state index is 11.8. The second-order valence-corrected chi connectivity index (χ2v) is 4.56. The molecule has 1 aromatic carbocycles. The summed E-state index contributed by atoms with van der Waals surface area (Å²) >= 11 is 0. The van der Waals surface area contributed by atoms with Gasteiger partial charge in [0, 0.05) is 12.1 Å². The SMILES string of the molecule is Cc1[nH]ncc1C(=O)OC[C@H]1Cc2ccccc2O1. The Balaban J connectivity index is 1.58. The van der Waals surface area contributed by atoms with Crippen LogP contribution in [0.4, 0.5) is 0 Å². The van der Waals surface area contributed by atoms with Gasteiger partial charge in [-0.1, -0.05) is 18.2 Å². The van der Waals surface area contributed by atoms with Gasteiger partial charge in [-0.15, -0.1) is 0 Å². The molecular formula is C14H14N2O3. The van der Waals surface area contributed by atoms with Crippen LogP contribution in [0.3, 0.4) is 0 Å². The van der Waals surface area contributed by atoms with Gasteiger partial charge in [0.2, 0.25) is 0 Å². The van der Waals surface area contributed by atoms with E-state index in [4.69, 9.17) is 9.47 Å². The van der Waals surface area contributed by atoms with E-state index in [2.05, 4.69) is 10.2 Å². The standard InChI is InChI=1S/C14H14N2O3/c1-9-12(7-15-16-9)14(17)18-8-11-6-10-4-2-3-5-13(10)19-11/h2-5,7,11H,6,8H2,1H3,(H,15,16)/t11-/m1/s1. The Bertz CT molecular complexity index is 581. The highest BCUT2D eigenvalue weighted by Crippen LogP contribution is 2.28. The lowest BCUT2D eigenvalue weighted by Crippen LogP contribution is -2.23. The maximum Gasteiger partial charge on any atom is 0.341 e. The number of nitrogens with one attached hydrogen (secondary N) is 1. The van der Waals surface area contributed by atoms with Crippen molar-refractivity contribution in [1.82, 2.24) is 10.2 Å². The van der Waals surface area contributed by atoms with E-state index in [0.717, 1.165) is 17.7 Å². The summed E-state index contributed by atoms with van der Waals surface area (Å²) in [6.07, 6.45) is 2.14. The van der Waals surface area contributed by atoms with Crippen LogP contribution in [0.2, 0.25) is 0 Å². The summed E-state index contributed by atoms with van der Waals surface area (Å²) in [6.45, 7) is 2.03. The zero-order valence-corrected chi connectivity index (χ0v) is 10.6. The van der Waals surface area contributed by atoms with Crippen LogP contribution in [-0.4, -0.2) is 28.9 Å². The molecule has 0 radical (unpaired) electrons. The minimum atomic E-state index is -0.370. The van der Waals surface area contributed by atoms with E-state index in [1.807, 2.05) is 24.3 Å². The second-order valence-electron chi connectivity index (χ2n) is 4.56. The molecule has 0 saturated carbocycles. The first-order valence-electron chi connectivity index (χ1n) is 6.15. The van der Waals surface area contributed by atoms with Gasteiger partial charge in [-0.05, 0) is 18.6 Å². The summed E-state index contributed by atoms with van der Waals surface area (Å²) < 4.78 is 11.0. The zero-order chi connectivity index (χ0) is 13.2. The quantitative estimate of drug-likeness (QED) is 0.854. The van der Waals surface area contributed by atoms with Crippen molar-refractivity contribution in [3.05, 3.63) is 47.3 Å². The van der Waals surface area contributed by atoms with Gasteiger partial charge in [-0.3, -0.25) is 5.10 Å². The van der Waals surface area contributed by atoms with Gasteiger partial charge in [0.05, 0.1) is 6.20 Å². The summed E-state index contributed by atoms with van der Waals surface area (Å²) in [5.41, 5.74) is 2.33. The molecule has 1 aliphatic rings. The van der Waals surface area contributed by atoms with Gasteiger partial charge >= 0.3 is 5.97 Å². The second kappa shape index (κ2) is 4.76. The Labute approximate surface area is 110 Å². The molecule has 3 rings (SSSR count). The number of aryl methyl sites for hydroxylation is 1. The number of hydrogen-bond donors (Lipinski definition) is 1. The highest BCUT2D eigenvalue weighted by molar-refractivity contribution is 5.90. The lowest BCUT2D eigenvalue weighted by Gasteiger charge is -2.10. The molecule has 0 aliphatic carbocycles. The van der Waals surface area contributed by atoms with Crippen LogP contribution < -0.4 is 4.74 Å². The molecule has 1 aromatic heterocycles. The molecule has 0 amide bonds. The van der Waals surface area contributed by atoms with Crippen molar-refractivity contribution in [3.8, 4) is 5.75 Å². The van der Waals surface area contributed by atoms with Crippen molar-refractivity contribution >= 4 is 5.97 Å². The molecule has 0 unspecified atom stereocenters. The minimum Gasteiger partial charge on any atom is -0.486 e. The molecule has 1 atom stereocenters. The van der Waals surface area contributed by atoms with Gasteiger partial charge in [-0.2, -0.15) is 5.10 Å². The molecule has 98 valence electrons. The topological polar surface area (TPSA) is 64.2 Å². The summed E-state index contributed by atoms with van der Waals surface area (Å²) in [5, 5.41) is 6.51. The van der Waals surface area contributed by atoms with E-state index in [1.54, 1.807) is 6.92 Å². The lowest BCUT2D eigenvalue weighted by atomic mass is 10.1. The number of carbonyl (C=O) groups is 1. The van der Waals surface area contributed by atoms with Crippen LogP contribution >= 0.6 is 0 Å². The third-order valence-electron chi connectivity index (χ3n) is 3.16. The summed E-state index contributed by atoms with van der Waals surface area (Å²) in [6, 6.07) is 7.86. The Morgan fingerprint density at radius 3 is 3.11 bits per heavy atom. The van der Waals surface area contributed by atoms with Crippen LogP contribution in [0.15, 0.2) is 30.5 Å². The first kappa shape index (κ1) is 11.8. The summed E-state index contributed by atoms with van der Waals surface area (Å²) in [5.74, 6) is 0.508. The fourth-order valence-electron chi connectivity index (χ4n) is 2.15. The molecular weight excluding hydrogens is 244 g/mol. The van der Waals surface area contributed by atoms with Crippen LogP contribution in [0.25, 0.3) is 0 Å². The molecule has 5 nitrogen and oxygen atoms in total. The molecule has 0 spiro atoms. The molecule has 0 saturated heterocycles. The first-order chi connectivity index (χ1) is 9.24. The normalized spacial score (nSPS) is 16.8. The third-order valence-corrected chi connectivity index (χ3v) is 3.16. The molecule has 0 fully saturated rings. The predicted octanol–water partition coefficient (Wildman–Crippen LogP) is 1.88. The fourth-order valence-corrected chi connectivity index (χ4v) is 2.15. The van der Waals surface area contributed by atoms with Crippen molar-refractivity contribution in [2.75, 3.05) is 6.61 Å². The summed E-state index contributed by atoms with van der Waals surface area (Å²) in [7, 11) is 0. The van der Waals surface area contributed by atoms with E-state index in [0.29, 0.717) is 11.3 Å². The number of aromatic nitrogens is 2. The lowest BCUT2D eigenvalue weighted by molar-refractivity contribution is 0.0346. The van der Waals surface area contributed by atoms with Crippen molar-refractivity contribution in [2.45, 2.75) is 19.4 Å². The number of rotatable bonds is 3. The number of benzene rings is 1. The number of aromatic amines is 1. The number of carbonyl (C=O) groups excluding carboxylic acids is 1. The van der Waals surface area contributed by atoms with Gasteiger partial charge in [0.1, 0.15) is 24.0 Å². The molecule has 1 N–H and O–H groups in total. The van der Waals surface area contributed by atoms with Crippen molar-refractivity contribution in [1.29, 1.82) is 0 Å². The highest BCUT2D eigenvalue weighted by atomic mass is 16.6. The van der Waals surface area contributed by atoms with Gasteiger partial charge in [-0.25, -0.2) is 4.79 Å². The van der Waals surface area contributed by atoms with Gasteiger partial charge < -0.3 is 9.47 Å². The van der Waals surface area contributed by atoms with Gasteiger partial charge in [0.15, 0.2) is 0 Å². The molecule has 1 aliphatic heterocycles. The number of fused-ring (bicyclic) bond motifs is 1. The van der Waals surface area contributed by atoms with Crippen molar-refractivity contribution in [2.24, 2.45) is 0 Å². The number of nitrogens with zero attached hydrogens (tertiary/aromatic N) is 1. The average molecular weight is 258 g/mol. The van der Waals surface area contributed by atoms with Crippen LogP contribution in [0.1, 0.15) is 21.6 Å². The molecule has 0 bridgehead atoms. The van der Waals surface area contributed by atoms with Crippen LogP contribution in [0, 0.1) is 6.92 Å². The van der Waals surface area contributed by atoms with Crippen molar-refractivity contribution in [3.63, 3.8) is 0 Å². The van der Waals surface area contributed by atoms with Crippen molar-refractivity contribution < 1.29 is 14.3 Å². The number of hydrogen-bond acceptors (Lipinski definition) is 4. The van der Waals surface area contributed by atoms with E-state index in [9.17, 15) is 4.79 Å². The van der Waals surface area contributed by atoms with E-state index < -0.39 is 0 Å². The number of ether oxygens (including phenoxy) is 2. The molecule has 2 aromatic rings. The number of para-hydroxylation sites is 1. The van der Waals surface area contributed by atoms with Crippen LogP contribution in [0.5, 0.6) is 5.75 Å². The molecule has 2 heterocycles. The summed E-state index contributed by atoms with van der Waals surface area (Å²) in [4.78, 5) is 11.8. The Morgan fingerprint density at radius 1 is 1.53 bits per heavy atom. The van der Waals surface area contributed by atoms with Gasteiger partial charge in [0.25, 0.3) is 0 Å². The number of esters is 1. The smallest absolute Gasteiger partial charge is 0.341 e. The Hall–Kier alpha value is -2.30. The largest absolute Gasteiger partial charge is 0.486 e. The minimum absolute atomic E-state index is 0.103. The number of H-pyrrole nitrogens is 1. The van der Waals surface area contributed by atoms with Crippen LogP contribution in [-0.2, 0) is 11.2 Å². The molecule has 19 heavy (non-hydrogen) atoms. The third kappa shape index (κ3) is 2.31. The monoisotopic (exact) mass is 258 g/mol. The average Bonchev–Trinajstić information content (AvgIpc) is 3.01.